The first-order valence-corrected chi connectivity index (χ1v) is 8.76. The Bertz CT molecular complexity index is 874. The molecule has 0 unspecified atom stereocenters. The highest BCUT2D eigenvalue weighted by atomic mass is 15.0. The predicted molar refractivity (Wildman–Crippen MR) is 97.7 cm³/mol. The second-order valence-corrected chi connectivity index (χ2v) is 7.41. The van der Waals surface area contributed by atoms with Crippen molar-refractivity contribution >= 4 is 11.9 Å². The maximum atomic E-state index is 8.07. The number of nitrogens with zero attached hydrogens (tertiary/aromatic N) is 1. The fourth-order valence-electron chi connectivity index (χ4n) is 4.58. The van der Waals surface area contributed by atoms with Crippen LogP contribution in [0.4, 0.5) is 0 Å². The molecule has 0 aromatic heterocycles. The summed E-state index contributed by atoms with van der Waals surface area (Å²) < 4.78 is 0. The molecule has 1 aromatic carbocycles. The second-order valence-electron chi connectivity index (χ2n) is 7.41. The molecule has 120 valence electrons. The van der Waals surface area contributed by atoms with Gasteiger partial charge in [-0.2, -0.15) is 0 Å². The van der Waals surface area contributed by atoms with Crippen molar-refractivity contribution in [2.75, 3.05) is 0 Å². The van der Waals surface area contributed by atoms with E-state index in [-0.39, 0.29) is 11.0 Å². The highest BCUT2D eigenvalue weighted by Gasteiger charge is 2.68. The molecule has 4 aliphatic rings. The Kier molecular flexibility index (Phi) is 2.66. The van der Waals surface area contributed by atoms with Crippen LogP contribution in [0.15, 0.2) is 64.5 Å². The Labute approximate surface area is 142 Å². The van der Waals surface area contributed by atoms with E-state index in [0.29, 0.717) is 0 Å². The van der Waals surface area contributed by atoms with Gasteiger partial charge in [0.1, 0.15) is 0 Å². The zero-order valence-corrected chi connectivity index (χ0v) is 13.9. The number of nitrogens with one attached hydrogen (secondary N) is 2. The molecule has 0 radical (unpaired) electrons. The second kappa shape index (κ2) is 4.56. The first-order valence-electron chi connectivity index (χ1n) is 8.76. The molecule has 2 fully saturated rings. The maximum absolute atomic E-state index is 8.07. The van der Waals surface area contributed by atoms with Crippen molar-refractivity contribution in [3.05, 3.63) is 70.6 Å². The van der Waals surface area contributed by atoms with Gasteiger partial charge in [0.2, 0.25) is 0 Å². The van der Waals surface area contributed by atoms with Gasteiger partial charge in [0.05, 0.1) is 16.9 Å². The molecule has 1 aromatic rings. The smallest absolute Gasteiger partial charge is 0.0765 e. The summed E-state index contributed by atoms with van der Waals surface area (Å²) in [5.74, 6) is 0. The number of aliphatic imine (C=N–C) groups is 1. The lowest BCUT2D eigenvalue weighted by molar-refractivity contribution is 0.497. The van der Waals surface area contributed by atoms with Gasteiger partial charge in [-0.3, -0.25) is 4.99 Å². The number of benzene rings is 1. The average Bonchev–Trinajstić information content (AvgIpc) is 3.50. The number of hydrogen-bond acceptors (Lipinski definition) is 3. The van der Waals surface area contributed by atoms with Gasteiger partial charge in [0, 0.05) is 29.0 Å². The van der Waals surface area contributed by atoms with E-state index < -0.39 is 0 Å². The first-order chi connectivity index (χ1) is 11.7. The van der Waals surface area contributed by atoms with Crippen molar-refractivity contribution in [1.29, 1.82) is 5.41 Å². The number of allylic oxidation sites excluding steroid dienone is 4. The summed E-state index contributed by atoms with van der Waals surface area (Å²) in [7, 11) is 0. The Morgan fingerprint density at radius 3 is 2.67 bits per heavy atom. The summed E-state index contributed by atoms with van der Waals surface area (Å²) in [5, 5.41) is 11.4. The summed E-state index contributed by atoms with van der Waals surface area (Å²) in [5.41, 5.74) is 7.13. The largest absolute Gasteiger partial charge is 0.361 e. The molecule has 2 aliphatic heterocycles. The van der Waals surface area contributed by atoms with Gasteiger partial charge < -0.3 is 10.7 Å². The van der Waals surface area contributed by atoms with Crippen molar-refractivity contribution in [3.8, 4) is 0 Å². The van der Waals surface area contributed by atoms with E-state index in [0.717, 1.165) is 22.6 Å². The highest BCUT2D eigenvalue weighted by molar-refractivity contribution is 6.26. The molecule has 2 N–H and O–H groups in total. The average molecular weight is 315 g/mol. The van der Waals surface area contributed by atoms with Crippen molar-refractivity contribution in [1.82, 2.24) is 5.32 Å². The zero-order valence-electron chi connectivity index (χ0n) is 13.9. The van der Waals surface area contributed by atoms with Crippen LogP contribution in [0.3, 0.4) is 0 Å². The van der Waals surface area contributed by atoms with Crippen LogP contribution in [0, 0.1) is 5.41 Å². The normalized spacial score (nSPS) is 26.2. The molecule has 0 bridgehead atoms. The molecule has 2 aliphatic carbocycles. The first kappa shape index (κ1) is 14.0. The minimum atomic E-state index is 0.105. The quantitative estimate of drug-likeness (QED) is 0.796. The number of dihydropyridines is 1. The highest BCUT2D eigenvalue weighted by Crippen LogP contribution is 2.69. The van der Waals surface area contributed by atoms with Crippen LogP contribution < -0.4 is 5.32 Å². The van der Waals surface area contributed by atoms with E-state index in [1.165, 1.54) is 43.0 Å². The third kappa shape index (κ3) is 1.67. The van der Waals surface area contributed by atoms with Crippen LogP contribution in [0.1, 0.15) is 43.7 Å². The van der Waals surface area contributed by atoms with Gasteiger partial charge in [0.25, 0.3) is 0 Å². The summed E-state index contributed by atoms with van der Waals surface area (Å²) in [4.78, 5) is 5.28. The maximum Gasteiger partial charge on any atom is 0.0765 e. The van der Waals surface area contributed by atoms with Crippen LogP contribution in [0.2, 0.25) is 0 Å². The van der Waals surface area contributed by atoms with E-state index in [1.54, 1.807) is 0 Å². The fourth-order valence-corrected chi connectivity index (χ4v) is 4.58. The van der Waals surface area contributed by atoms with Crippen molar-refractivity contribution in [2.45, 2.75) is 43.6 Å². The van der Waals surface area contributed by atoms with Crippen LogP contribution >= 0.6 is 0 Å². The van der Waals surface area contributed by atoms with Gasteiger partial charge in [-0.05, 0) is 49.8 Å². The summed E-state index contributed by atoms with van der Waals surface area (Å²) in [6, 6.07) is 8.73. The summed E-state index contributed by atoms with van der Waals surface area (Å²) in [6.45, 7) is 2.08. The molecule has 2 saturated carbocycles. The number of rotatable bonds is 2. The lowest BCUT2D eigenvalue weighted by Crippen LogP contribution is -2.35. The lowest BCUT2D eigenvalue weighted by atomic mass is 9.77. The van der Waals surface area contributed by atoms with Gasteiger partial charge in [-0.15, -0.1) is 0 Å². The minimum Gasteiger partial charge on any atom is -0.361 e. The predicted octanol–water partition coefficient (Wildman–Crippen LogP) is 4.02. The Morgan fingerprint density at radius 1 is 1.21 bits per heavy atom. The molecular weight excluding hydrogens is 294 g/mol. The van der Waals surface area contributed by atoms with Crippen LogP contribution in [0.25, 0.3) is 0 Å². The summed E-state index contributed by atoms with van der Waals surface area (Å²) in [6.07, 6.45) is 12.4. The molecule has 0 saturated heterocycles. The zero-order chi connectivity index (χ0) is 16.4. The standard InChI is InChI=1S/C21H21N3/c1-14-5-4-12-23-18(14)16(13-22)19-15-6-2-3-7-17(15)20(8-9-20)21(24-19)10-11-21/h2-7,12-13,22-23H,8-11H2,1H3/b18-16+,22-13?. The molecule has 3 nitrogen and oxygen atoms in total. The van der Waals surface area contributed by atoms with Crippen molar-refractivity contribution in [2.24, 2.45) is 4.99 Å². The van der Waals surface area contributed by atoms with Gasteiger partial charge in [0.15, 0.2) is 0 Å². The number of hydrogen-bond donors (Lipinski definition) is 2. The van der Waals surface area contributed by atoms with Crippen LogP contribution in [-0.2, 0) is 5.41 Å². The fraction of sp³-hybridized carbons (Fsp3) is 0.333. The van der Waals surface area contributed by atoms with Crippen LogP contribution in [-0.4, -0.2) is 17.5 Å². The lowest BCUT2D eigenvalue weighted by Gasteiger charge is -2.33. The molecule has 0 atom stereocenters. The van der Waals surface area contributed by atoms with E-state index in [9.17, 15) is 0 Å². The third-order valence-corrected chi connectivity index (χ3v) is 6.12. The van der Waals surface area contributed by atoms with E-state index >= 15 is 0 Å². The Balaban J connectivity index is 1.75. The SMILES string of the molecule is CC1=CC=CN/C1=C(\C=N)C1=NC2(CC2)C2(CC2)c2ccccc21. The topological polar surface area (TPSA) is 48.2 Å². The molecule has 24 heavy (non-hydrogen) atoms. The number of fused-ring (bicyclic) bond motifs is 3. The molecular formula is C21H21N3. The Morgan fingerprint density at radius 2 is 2.00 bits per heavy atom. The molecule has 0 amide bonds. The molecule has 2 spiro atoms. The minimum absolute atomic E-state index is 0.105. The van der Waals surface area contributed by atoms with Crippen molar-refractivity contribution in [3.63, 3.8) is 0 Å². The van der Waals surface area contributed by atoms with Crippen molar-refractivity contribution < 1.29 is 0 Å². The van der Waals surface area contributed by atoms with Gasteiger partial charge in [-0.25, -0.2) is 0 Å². The molecule has 5 rings (SSSR count). The third-order valence-electron chi connectivity index (χ3n) is 6.12. The van der Waals surface area contributed by atoms with E-state index in [4.69, 9.17) is 10.4 Å². The molecule has 3 heteroatoms. The van der Waals surface area contributed by atoms with Gasteiger partial charge >= 0.3 is 0 Å². The van der Waals surface area contributed by atoms with Gasteiger partial charge in [-0.1, -0.05) is 30.3 Å². The molecule has 2 heterocycles. The van der Waals surface area contributed by atoms with E-state index in [1.807, 2.05) is 12.3 Å². The summed E-state index contributed by atoms with van der Waals surface area (Å²) >= 11 is 0. The van der Waals surface area contributed by atoms with E-state index in [2.05, 4.69) is 42.6 Å². The Hall–Kier alpha value is -2.42. The van der Waals surface area contributed by atoms with Crippen LogP contribution in [0.5, 0.6) is 0 Å². The monoisotopic (exact) mass is 315 g/mol.